The van der Waals surface area contributed by atoms with Crippen LogP contribution in [0, 0.1) is 5.92 Å². The highest BCUT2D eigenvalue weighted by Gasteiger charge is 2.19. The van der Waals surface area contributed by atoms with Gasteiger partial charge in [-0.3, -0.25) is 0 Å². The van der Waals surface area contributed by atoms with Gasteiger partial charge in [0, 0.05) is 6.42 Å². The molecule has 0 heterocycles. The number of hydrogen-bond donors (Lipinski definition) is 0. The molecule has 13 heavy (non-hydrogen) atoms. The molecule has 0 unspecified atom stereocenters. The molecule has 1 aliphatic rings. The lowest BCUT2D eigenvalue weighted by Gasteiger charge is -2.19. The summed E-state index contributed by atoms with van der Waals surface area (Å²) in [5.74, 6) is 1.80. The van der Waals surface area contributed by atoms with Gasteiger partial charge in [-0.1, -0.05) is 19.9 Å². The van der Waals surface area contributed by atoms with Crippen LogP contribution in [0.15, 0.2) is 23.5 Å². The molecule has 0 aliphatic heterocycles. The molecule has 0 aromatic heterocycles. The van der Waals surface area contributed by atoms with Crippen LogP contribution < -0.4 is 0 Å². The highest BCUT2D eigenvalue weighted by Crippen LogP contribution is 2.26. The lowest BCUT2D eigenvalue weighted by atomic mass is 10.1. The van der Waals surface area contributed by atoms with E-state index < -0.39 is 8.32 Å². The molecule has 1 rings (SSSR count). The van der Waals surface area contributed by atoms with Gasteiger partial charge in [0.2, 0.25) is 8.32 Å². The minimum atomic E-state index is -1.39. The van der Waals surface area contributed by atoms with Gasteiger partial charge < -0.3 is 4.43 Å². The van der Waals surface area contributed by atoms with Crippen LogP contribution in [0.3, 0.4) is 0 Å². The number of allylic oxidation sites excluding steroid dienone is 3. The van der Waals surface area contributed by atoms with Gasteiger partial charge in [-0.05, 0) is 37.2 Å². The van der Waals surface area contributed by atoms with Gasteiger partial charge in [-0.15, -0.1) is 0 Å². The molecule has 1 nitrogen and oxygen atoms in total. The molecule has 0 aromatic rings. The molecule has 0 atom stereocenters. The Bertz CT molecular complexity index is 243. The van der Waals surface area contributed by atoms with Crippen molar-refractivity contribution in [1.82, 2.24) is 0 Å². The number of hydrogen-bond acceptors (Lipinski definition) is 1. The Balaban J connectivity index is 2.55. The van der Waals surface area contributed by atoms with Crippen molar-refractivity contribution >= 4 is 8.32 Å². The Morgan fingerprint density at radius 2 is 1.92 bits per heavy atom. The summed E-state index contributed by atoms with van der Waals surface area (Å²) in [4.78, 5) is 0. The van der Waals surface area contributed by atoms with Crippen molar-refractivity contribution in [1.29, 1.82) is 0 Å². The quantitative estimate of drug-likeness (QED) is 0.625. The summed E-state index contributed by atoms with van der Waals surface area (Å²) in [7, 11) is -1.39. The molecule has 0 spiro atoms. The summed E-state index contributed by atoms with van der Waals surface area (Å²) in [6.45, 7) is 11.1. The lowest BCUT2D eigenvalue weighted by molar-refractivity contribution is 0.415. The largest absolute Gasteiger partial charge is 0.547 e. The summed E-state index contributed by atoms with van der Waals surface area (Å²) in [6, 6.07) is 0. The van der Waals surface area contributed by atoms with E-state index in [4.69, 9.17) is 4.43 Å². The standard InChI is InChI=1S/C11H20OSi/c1-9(2)10-6-7-11(8-10)12-13(3,4)5/h6,8-9H,7H2,1-5H3. The monoisotopic (exact) mass is 196 g/mol. The fourth-order valence-corrected chi connectivity index (χ4v) is 2.32. The zero-order valence-corrected chi connectivity index (χ0v) is 10.3. The van der Waals surface area contributed by atoms with E-state index in [1.807, 2.05) is 0 Å². The van der Waals surface area contributed by atoms with E-state index in [1.165, 1.54) is 11.3 Å². The van der Waals surface area contributed by atoms with Crippen LogP contribution >= 0.6 is 0 Å². The Labute approximate surface area is 82.6 Å². The first-order valence-corrected chi connectivity index (χ1v) is 8.39. The molecule has 0 aromatic carbocycles. The van der Waals surface area contributed by atoms with Gasteiger partial charge in [0.05, 0.1) is 5.76 Å². The molecule has 0 saturated heterocycles. The summed E-state index contributed by atoms with van der Waals surface area (Å²) in [5, 5.41) is 0. The molecule has 74 valence electrons. The molecule has 1 aliphatic carbocycles. The average Bonchev–Trinajstić information content (AvgIpc) is 2.31. The van der Waals surface area contributed by atoms with E-state index in [9.17, 15) is 0 Å². The number of rotatable bonds is 3. The third-order valence-electron chi connectivity index (χ3n) is 1.97. The van der Waals surface area contributed by atoms with Crippen LogP contribution in [0.1, 0.15) is 20.3 Å². The molecule has 0 radical (unpaired) electrons. The first-order valence-electron chi connectivity index (χ1n) is 4.98. The van der Waals surface area contributed by atoms with Gasteiger partial charge in [-0.2, -0.15) is 0 Å². The summed E-state index contributed by atoms with van der Waals surface area (Å²) in [6.07, 6.45) is 5.49. The SMILES string of the molecule is CC(C)C1=CCC(O[Si](C)(C)C)=C1. The first-order chi connectivity index (χ1) is 5.88. The Morgan fingerprint density at radius 1 is 1.31 bits per heavy atom. The van der Waals surface area contributed by atoms with E-state index in [1.54, 1.807) is 0 Å². The molecular formula is C11H20OSi. The van der Waals surface area contributed by atoms with Crippen molar-refractivity contribution < 1.29 is 4.43 Å². The predicted octanol–water partition coefficient (Wildman–Crippen LogP) is 3.71. The van der Waals surface area contributed by atoms with Gasteiger partial charge in [-0.25, -0.2) is 0 Å². The van der Waals surface area contributed by atoms with E-state index in [-0.39, 0.29) is 0 Å². The molecule has 0 bridgehead atoms. The Kier molecular flexibility index (Phi) is 3.01. The van der Waals surface area contributed by atoms with Crippen molar-refractivity contribution in [2.45, 2.75) is 39.9 Å². The van der Waals surface area contributed by atoms with Crippen LogP contribution in [-0.2, 0) is 4.43 Å². The van der Waals surface area contributed by atoms with Crippen LogP contribution in [-0.4, -0.2) is 8.32 Å². The van der Waals surface area contributed by atoms with Crippen molar-refractivity contribution in [3.8, 4) is 0 Å². The van der Waals surface area contributed by atoms with Gasteiger partial charge >= 0.3 is 0 Å². The van der Waals surface area contributed by atoms with Crippen LogP contribution in [0.4, 0.5) is 0 Å². The normalized spacial score (nSPS) is 17.4. The van der Waals surface area contributed by atoms with Crippen molar-refractivity contribution in [3.63, 3.8) is 0 Å². The molecule has 0 fully saturated rings. The van der Waals surface area contributed by atoms with Crippen molar-refractivity contribution in [3.05, 3.63) is 23.5 Å². The zero-order chi connectivity index (χ0) is 10.1. The molecule has 2 heteroatoms. The van der Waals surface area contributed by atoms with Crippen LogP contribution in [0.5, 0.6) is 0 Å². The topological polar surface area (TPSA) is 9.23 Å². The summed E-state index contributed by atoms with van der Waals surface area (Å²) in [5.41, 5.74) is 1.42. The second-order valence-electron chi connectivity index (χ2n) is 4.89. The maximum atomic E-state index is 5.93. The fourth-order valence-electron chi connectivity index (χ4n) is 1.39. The molecule has 0 amide bonds. The van der Waals surface area contributed by atoms with Crippen molar-refractivity contribution in [2.75, 3.05) is 0 Å². The van der Waals surface area contributed by atoms with Crippen LogP contribution in [0.2, 0.25) is 19.6 Å². The van der Waals surface area contributed by atoms with Crippen molar-refractivity contribution in [2.24, 2.45) is 5.92 Å². The van der Waals surface area contributed by atoms with E-state index >= 15 is 0 Å². The first kappa shape index (κ1) is 10.6. The van der Waals surface area contributed by atoms with E-state index in [0.29, 0.717) is 5.92 Å². The Morgan fingerprint density at radius 3 is 2.31 bits per heavy atom. The second kappa shape index (κ2) is 3.70. The highest BCUT2D eigenvalue weighted by molar-refractivity contribution is 6.70. The maximum absolute atomic E-state index is 5.93. The van der Waals surface area contributed by atoms with Gasteiger partial charge in [0.15, 0.2) is 0 Å². The molecular weight excluding hydrogens is 176 g/mol. The minimum Gasteiger partial charge on any atom is -0.547 e. The third-order valence-corrected chi connectivity index (χ3v) is 2.85. The van der Waals surface area contributed by atoms with E-state index in [0.717, 1.165) is 6.42 Å². The highest BCUT2D eigenvalue weighted by atomic mass is 28.4. The average molecular weight is 196 g/mol. The van der Waals surface area contributed by atoms with Gasteiger partial charge in [0.25, 0.3) is 0 Å². The maximum Gasteiger partial charge on any atom is 0.241 e. The van der Waals surface area contributed by atoms with E-state index in [2.05, 4.69) is 45.6 Å². The Hall–Kier alpha value is -0.503. The molecule has 0 N–H and O–H groups in total. The summed E-state index contributed by atoms with van der Waals surface area (Å²) >= 11 is 0. The fraction of sp³-hybridized carbons (Fsp3) is 0.636. The smallest absolute Gasteiger partial charge is 0.241 e. The lowest BCUT2D eigenvalue weighted by Crippen LogP contribution is -2.24. The minimum absolute atomic E-state index is 0.628. The van der Waals surface area contributed by atoms with Crippen LogP contribution in [0.25, 0.3) is 0 Å². The summed E-state index contributed by atoms with van der Waals surface area (Å²) < 4.78 is 5.93. The second-order valence-corrected chi connectivity index (χ2v) is 9.32. The third kappa shape index (κ3) is 3.39. The predicted molar refractivity (Wildman–Crippen MR) is 60.1 cm³/mol. The van der Waals surface area contributed by atoms with Gasteiger partial charge in [0.1, 0.15) is 0 Å². The zero-order valence-electron chi connectivity index (χ0n) is 9.35. The molecule has 0 saturated carbocycles.